The van der Waals surface area contributed by atoms with Crippen LogP contribution in [0.2, 0.25) is 0 Å². The van der Waals surface area contributed by atoms with Gasteiger partial charge in [0.2, 0.25) is 0 Å². The van der Waals surface area contributed by atoms with Crippen molar-refractivity contribution in [3.8, 4) is 0 Å². The molecule has 0 radical (unpaired) electrons. The minimum Gasteiger partial charge on any atom is -0.464 e. The van der Waals surface area contributed by atoms with Crippen LogP contribution in [0, 0.1) is 0 Å². The summed E-state index contributed by atoms with van der Waals surface area (Å²) in [5.41, 5.74) is 0. The first-order valence-corrected chi connectivity index (χ1v) is 5.11. The number of hydrogen-bond donors (Lipinski definition) is 0. The average molecular weight is 205 g/mol. The summed E-state index contributed by atoms with van der Waals surface area (Å²) in [5.74, 6) is -0.311. The maximum absolute atomic E-state index is 11.0. The molecule has 0 aliphatic rings. The van der Waals surface area contributed by atoms with Crippen LogP contribution in [0.5, 0.6) is 0 Å². The van der Waals surface area contributed by atoms with E-state index >= 15 is 0 Å². The summed E-state index contributed by atoms with van der Waals surface area (Å²) in [6.45, 7) is 4.35. The average Bonchev–Trinajstić information content (AvgIpc) is 2.16. The SMILES string of the molecule is CC/C=C\CCOC(=O)C(Cl)CC. The van der Waals surface area contributed by atoms with E-state index in [4.69, 9.17) is 16.3 Å². The van der Waals surface area contributed by atoms with Crippen LogP contribution in [0.15, 0.2) is 12.2 Å². The second-order valence-corrected chi connectivity index (χ2v) is 3.24. The molecule has 0 amide bonds. The van der Waals surface area contributed by atoms with Crippen molar-refractivity contribution >= 4 is 17.6 Å². The van der Waals surface area contributed by atoms with Crippen LogP contribution in [0.1, 0.15) is 33.1 Å². The minimum absolute atomic E-state index is 0.311. The van der Waals surface area contributed by atoms with Crippen molar-refractivity contribution in [3.63, 3.8) is 0 Å². The first-order valence-electron chi connectivity index (χ1n) is 4.68. The fourth-order valence-corrected chi connectivity index (χ4v) is 0.832. The van der Waals surface area contributed by atoms with Gasteiger partial charge in [0.15, 0.2) is 0 Å². The van der Waals surface area contributed by atoms with Crippen LogP contribution < -0.4 is 0 Å². The van der Waals surface area contributed by atoms with Crippen LogP contribution in [0.3, 0.4) is 0 Å². The molecule has 0 spiro atoms. The summed E-state index contributed by atoms with van der Waals surface area (Å²) in [6, 6.07) is 0. The molecule has 2 nitrogen and oxygen atoms in total. The molecule has 13 heavy (non-hydrogen) atoms. The van der Waals surface area contributed by atoms with Gasteiger partial charge in [-0.1, -0.05) is 26.0 Å². The van der Waals surface area contributed by atoms with Crippen molar-refractivity contribution in [3.05, 3.63) is 12.2 Å². The zero-order valence-electron chi connectivity index (χ0n) is 8.25. The number of carbonyl (C=O) groups is 1. The van der Waals surface area contributed by atoms with Gasteiger partial charge in [-0.15, -0.1) is 11.6 Å². The molecule has 0 rings (SSSR count). The predicted octanol–water partition coefficient (Wildman–Crippen LogP) is 2.90. The van der Waals surface area contributed by atoms with Crippen LogP contribution in [0.4, 0.5) is 0 Å². The zero-order chi connectivity index (χ0) is 10.1. The Balaban J connectivity index is 3.42. The Hall–Kier alpha value is -0.500. The Morgan fingerprint density at radius 2 is 2.15 bits per heavy atom. The Kier molecular flexibility index (Phi) is 7.80. The van der Waals surface area contributed by atoms with E-state index in [1.54, 1.807) is 0 Å². The lowest BCUT2D eigenvalue weighted by atomic mass is 10.3. The van der Waals surface area contributed by atoms with Gasteiger partial charge < -0.3 is 4.74 Å². The third-order valence-corrected chi connectivity index (χ3v) is 2.03. The molecule has 3 heteroatoms. The molecule has 1 atom stereocenters. The van der Waals surface area contributed by atoms with E-state index in [0.29, 0.717) is 13.0 Å². The fraction of sp³-hybridized carbons (Fsp3) is 0.700. The van der Waals surface area contributed by atoms with Crippen LogP contribution >= 0.6 is 11.6 Å². The van der Waals surface area contributed by atoms with Gasteiger partial charge >= 0.3 is 5.97 Å². The quantitative estimate of drug-likeness (QED) is 0.288. The monoisotopic (exact) mass is 204 g/mol. The fourth-order valence-electron chi connectivity index (χ4n) is 0.769. The van der Waals surface area contributed by atoms with E-state index in [9.17, 15) is 4.79 Å². The summed E-state index contributed by atoms with van der Waals surface area (Å²) < 4.78 is 4.92. The van der Waals surface area contributed by atoms with E-state index in [1.807, 2.05) is 19.1 Å². The first kappa shape index (κ1) is 12.5. The second kappa shape index (κ2) is 8.11. The number of rotatable bonds is 6. The number of halogens is 1. The zero-order valence-corrected chi connectivity index (χ0v) is 9.01. The Labute approximate surface area is 84.9 Å². The topological polar surface area (TPSA) is 26.3 Å². The molecule has 0 N–H and O–H groups in total. The normalized spacial score (nSPS) is 13.2. The number of alkyl halides is 1. The number of esters is 1. The van der Waals surface area contributed by atoms with Gasteiger partial charge in [-0.3, -0.25) is 4.79 Å². The van der Waals surface area contributed by atoms with Gasteiger partial charge in [0.05, 0.1) is 6.61 Å². The Morgan fingerprint density at radius 1 is 1.46 bits per heavy atom. The number of allylic oxidation sites excluding steroid dienone is 1. The van der Waals surface area contributed by atoms with Crippen molar-refractivity contribution in [2.45, 2.75) is 38.5 Å². The molecule has 0 saturated heterocycles. The summed E-state index contributed by atoms with van der Waals surface area (Å²) in [6.07, 6.45) is 6.45. The minimum atomic E-state index is -0.491. The highest BCUT2D eigenvalue weighted by molar-refractivity contribution is 6.29. The molecule has 0 bridgehead atoms. The van der Waals surface area contributed by atoms with Gasteiger partial charge in [0.25, 0.3) is 0 Å². The van der Waals surface area contributed by atoms with Gasteiger partial charge in [-0.25, -0.2) is 0 Å². The molecule has 76 valence electrons. The van der Waals surface area contributed by atoms with Crippen molar-refractivity contribution < 1.29 is 9.53 Å². The molecule has 0 aromatic heterocycles. The summed E-state index contributed by atoms with van der Waals surface area (Å²) >= 11 is 5.66. The molecule has 0 aromatic rings. The molecule has 0 fully saturated rings. The van der Waals surface area contributed by atoms with E-state index in [-0.39, 0.29) is 5.97 Å². The largest absolute Gasteiger partial charge is 0.464 e. The molecule has 0 saturated carbocycles. The predicted molar refractivity (Wildman–Crippen MR) is 54.9 cm³/mol. The first-order chi connectivity index (χ1) is 6.22. The highest BCUT2D eigenvalue weighted by atomic mass is 35.5. The van der Waals surface area contributed by atoms with Crippen LogP contribution in [-0.2, 0) is 9.53 Å². The third kappa shape index (κ3) is 6.64. The van der Waals surface area contributed by atoms with E-state index in [1.165, 1.54) is 0 Å². The summed E-state index contributed by atoms with van der Waals surface area (Å²) in [5, 5.41) is -0.491. The lowest BCUT2D eigenvalue weighted by molar-refractivity contribution is -0.143. The van der Waals surface area contributed by atoms with Crippen LogP contribution in [0.25, 0.3) is 0 Å². The molecule has 1 unspecified atom stereocenters. The standard InChI is InChI=1S/C10H17ClO2/c1-3-5-6-7-8-13-10(12)9(11)4-2/h5-6,9H,3-4,7-8H2,1-2H3/b6-5-. The Bertz CT molecular complexity index is 166. The third-order valence-electron chi connectivity index (χ3n) is 1.55. The maximum atomic E-state index is 11.0. The van der Waals surface area contributed by atoms with E-state index in [0.717, 1.165) is 12.8 Å². The Morgan fingerprint density at radius 3 is 2.69 bits per heavy atom. The second-order valence-electron chi connectivity index (χ2n) is 2.71. The van der Waals surface area contributed by atoms with Gasteiger partial charge in [-0.2, -0.15) is 0 Å². The maximum Gasteiger partial charge on any atom is 0.324 e. The van der Waals surface area contributed by atoms with E-state index in [2.05, 4.69) is 6.92 Å². The molecular weight excluding hydrogens is 188 g/mol. The lowest BCUT2D eigenvalue weighted by Gasteiger charge is -2.05. The summed E-state index contributed by atoms with van der Waals surface area (Å²) in [4.78, 5) is 11.0. The molecular formula is C10H17ClO2. The smallest absolute Gasteiger partial charge is 0.324 e. The lowest BCUT2D eigenvalue weighted by Crippen LogP contribution is -2.17. The van der Waals surface area contributed by atoms with Gasteiger partial charge in [0, 0.05) is 0 Å². The highest BCUT2D eigenvalue weighted by Gasteiger charge is 2.13. The van der Waals surface area contributed by atoms with Crippen LogP contribution in [-0.4, -0.2) is 18.0 Å². The van der Waals surface area contributed by atoms with Crippen molar-refractivity contribution in [1.82, 2.24) is 0 Å². The molecule has 0 aromatic carbocycles. The van der Waals surface area contributed by atoms with Gasteiger partial charge in [-0.05, 0) is 19.3 Å². The highest BCUT2D eigenvalue weighted by Crippen LogP contribution is 2.03. The van der Waals surface area contributed by atoms with Crippen molar-refractivity contribution in [2.75, 3.05) is 6.61 Å². The van der Waals surface area contributed by atoms with Crippen molar-refractivity contribution in [2.24, 2.45) is 0 Å². The molecule has 0 aliphatic heterocycles. The van der Waals surface area contributed by atoms with Gasteiger partial charge in [0.1, 0.15) is 5.38 Å². The molecule has 0 heterocycles. The number of ether oxygens (including phenoxy) is 1. The van der Waals surface area contributed by atoms with Crippen molar-refractivity contribution in [1.29, 1.82) is 0 Å². The summed E-state index contributed by atoms with van der Waals surface area (Å²) in [7, 11) is 0. The van der Waals surface area contributed by atoms with E-state index < -0.39 is 5.38 Å². The number of carbonyl (C=O) groups excluding carboxylic acids is 1. The number of hydrogen-bond acceptors (Lipinski definition) is 2. The molecule has 0 aliphatic carbocycles.